The molecule has 0 saturated heterocycles. The Morgan fingerprint density at radius 3 is 1.48 bits per heavy atom. The number of rotatable bonds is 8. The van der Waals surface area contributed by atoms with Crippen molar-refractivity contribution < 1.29 is 53.1 Å². The van der Waals surface area contributed by atoms with Gasteiger partial charge in [-0.05, 0) is 0 Å². The second-order valence-electron chi connectivity index (χ2n) is 5.17. The van der Waals surface area contributed by atoms with E-state index in [1.54, 1.807) is 13.8 Å². The summed E-state index contributed by atoms with van der Waals surface area (Å²) in [5.41, 5.74) is 0. The molecule has 0 amide bonds. The molecule has 0 aromatic heterocycles. The standard InChI is InChI=1S/C17H19F3IO5S/c1-3-25-15-9-5-13(6-10-15)21(20,17(18,19)27(22,23)24)14-7-11-16(12-8-14)26-4-2/h5-12H,3-4H2,1-2H3,(H,22,23,24)/q-1/p-1. The molecule has 0 aliphatic heterocycles. The van der Waals surface area contributed by atoms with Gasteiger partial charge in [0.2, 0.25) is 0 Å². The Morgan fingerprint density at radius 1 is 0.889 bits per heavy atom. The van der Waals surface area contributed by atoms with Crippen LogP contribution in [-0.2, 0) is 10.1 Å². The molecule has 0 saturated carbocycles. The molecule has 0 aliphatic carbocycles. The molecular formula is C17H18F3IO5S-2. The topological polar surface area (TPSA) is 75.7 Å². The van der Waals surface area contributed by atoms with Crippen LogP contribution in [0.25, 0.3) is 0 Å². The fraction of sp³-hybridized carbons (Fsp3) is 0.294. The number of ether oxygens (including phenoxy) is 2. The van der Waals surface area contributed by atoms with Crippen molar-refractivity contribution in [2.24, 2.45) is 0 Å². The number of halogens is 4. The predicted octanol–water partition coefficient (Wildman–Crippen LogP) is 0.664. The van der Waals surface area contributed by atoms with Gasteiger partial charge in [0.1, 0.15) is 0 Å². The molecule has 10 heteroatoms. The SMILES string of the molecule is CCOc1ccc([I-](F)(c2ccc(OCC)cc2)C(F)(F)S(=O)(=O)[O-])cc1. The van der Waals surface area contributed by atoms with Crippen LogP contribution in [0, 0.1) is 7.14 Å². The first-order valence-corrected chi connectivity index (χ1v) is 13.3. The first kappa shape index (κ1) is 21.8. The van der Waals surface area contributed by atoms with Crippen molar-refractivity contribution in [1.82, 2.24) is 0 Å². The Kier molecular flexibility index (Phi) is 6.63. The average molecular weight is 518 g/mol. The van der Waals surface area contributed by atoms with Gasteiger partial charge in [0.05, 0.1) is 0 Å². The number of hydrogen-bond acceptors (Lipinski definition) is 5. The molecule has 0 spiro atoms. The maximum absolute atomic E-state index is 15.9. The second-order valence-corrected chi connectivity index (χ2v) is 14.0. The van der Waals surface area contributed by atoms with Crippen LogP contribution < -0.4 is 28.5 Å². The summed E-state index contributed by atoms with van der Waals surface area (Å²) in [6.45, 7) is 4.04. The van der Waals surface area contributed by atoms with E-state index in [1.165, 1.54) is 24.3 Å². The molecule has 2 rings (SSSR count). The fourth-order valence-electron chi connectivity index (χ4n) is 2.25. The molecule has 0 atom stereocenters. The van der Waals surface area contributed by atoms with Gasteiger partial charge >= 0.3 is 161 Å². The molecule has 0 aliphatic rings. The summed E-state index contributed by atoms with van der Waals surface area (Å²) in [4.78, 5) is 0. The van der Waals surface area contributed by atoms with Crippen molar-refractivity contribution in [1.29, 1.82) is 0 Å². The maximum atomic E-state index is 15.9. The molecule has 2 aromatic rings. The van der Waals surface area contributed by atoms with Crippen LogP contribution in [0.1, 0.15) is 13.8 Å². The quantitative estimate of drug-likeness (QED) is 0.292. The Labute approximate surface area is 160 Å². The van der Waals surface area contributed by atoms with Crippen molar-refractivity contribution in [3.05, 3.63) is 55.7 Å². The monoisotopic (exact) mass is 518 g/mol. The van der Waals surface area contributed by atoms with Gasteiger partial charge < -0.3 is 0 Å². The summed E-state index contributed by atoms with van der Waals surface area (Å²) in [5, 5.41) is 0. The molecular weight excluding hydrogens is 500 g/mol. The van der Waals surface area contributed by atoms with Crippen LogP contribution in [0.2, 0.25) is 0 Å². The molecule has 0 unspecified atom stereocenters. The Hall–Kier alpha value is -1.53. The van der Waals surface area contributed by atoms with E-state index in [4.69, 9.17) is 9.47 Å². The van der Waals surface area contributed by atoms with E-state index in [2.05, 4.69) is 0 Å². The van der Waals surface area contributed by atoms with Gasteiger partial charge in [-0.25, -0.2) is 0 Å². The van der Waals surface area contributed by atoms with Crippen molar-refractivity contribution in [2.45, 2.75) is 17.1 Å². The van der Waals surface area contributed by atoms with E-state index < -0.39 is 39.5 Å². The first-order chi connectivity index (χ1) is 12.6. The molecule has 0 radical (unpaired) electrons. The molecule has 2 aromatic carbocycles. The molecule has 0 fully saturated rings. The van der Waals surface area contributed by atoms with E-state index >= 15 is 2.86 Å². The Morgan fingerprint density at radius 2 is 1.22 bits per heavy atom. The summed E-state index contributed by atoms with van der Waals surface area (Å²) in [7, 11) is -6.24. The summed E-state index contributed by atoms with van der Waals surface area (Å²) in [6.07, 6.45) is 0. The Balaban J connectivity index is 2.65. The van der Waals surface area contributed by atoms with Crippen LogP contribution in [0.4, 0.5) is 11.6 Å². The van der Waals surface area contributed by atoms with E-state index in [1.807, 2.05) is 0 Å². The molecule has 0 bridgehead atoms. The van der Waals surface area contributed by atoms with Crippen molar-refractivity contribution >= 4 is 10.1 Å². The Bertz CT molecular complexity index is 821. The molecule has 0 N–H and O–H groups in total. The minimum absolute atomic E-state index is 0.310. The summed E-state index contributed by atoms with van der Waals surface area (Å²) >= 11 is -6.36. The number of alkyl halides is 3. The average Bonchev–Trinajstić information content (AvgIpc) is 2.62. The third-order valence-corrected chi connectivity index (χ3v) is 13.7. The van der Waals surface area contributed by atoms with Crippen molar-refractivity contribution in [3.63, 3.8) is 0 Å². The fourth-order valence-corrected chi connectivity index (χ4v) is 10.8. The van der Waals surface area contributed by atoms with Crippen molar-refractivity contribution in [2.75, 3.05) is 13.2 Å². The third kappa shape index (κ3) is 4.16. The predicted molar refractivity (Wildman–Crippen MR) is 88.4 cm³/mol. The number of benzene rings is 2. The van der Waals surface area contributed by atoms with Gasteiger partial charge in [-0.3, -0.25) is 0 Å². The minimum atomic E-state index is -6.36. The molecule has 27 heavy (non-hydrogen) atoms. The van der Waals surface area contributed by atoms with E-state index in [0.29, 0.717) is 24.7 Å². The van der Waals surface area contributed by atoms with E-state index in [9.17, 15) is 21.8 Å². The van der Waals surface area contributed by atoms with Gasteiger partial charge in [0.15, 0.2) is 0 Å². The first-order valence-electron chi connectivity index (χ1n) is 7.83. The summed E-state index contributed by atoms with van der Waals surface area (Å²) < 4.78 is 83.1. The summed E-state index contributed by atoms with van der Waals surface area (Å²) in [5.74, 6) is 0.620. The van der Waals surface area contributed by atoms with Crippen LogP contribution >= 0.6 is 0 Å². The third-order valence-electron chi connectivity index (χ3n) is 3.44. The second kappa shape index (κ2) is 8.23. The zero-order chi connectivity index (χ0) is 20.3. The van der Waals surface area contributed by atoms with Gasteiger partial charge in [0, 0.05) is 0 Å². The zero-order valence-electron chi connectivity index (χ0n) is 14.5. The van der Waals surface area contributed by atoms with Crippen LogP contribution in [0.5, 0.6) is 11.5 Å². The van der Waals surface area contributed by atoms with Gasteiger partial charge in [-0.2, -0.15) is 0 Å². The van der Waals surface area contributed by atoms with Crippen LogP contribution in [0.15, 0.2) is 48.5 Å². The van der Waals surface area contributed by atoms with Gasteiger partial charge in [0.25, 0.3) is 0 Å². The summed E-state index contributed by atoms with van der Waals surface area (Å²) in [6, 6.07) is 9.21. The zero-order valence-corrected chi connectivity index (χ0v) is 17.5. The van der Waals surface area contributed by atoms with E-state index in [0.717, 1.165) is 24.3 Å². The number of hydrogen-bond donors (Lipinski definition) is 0. The molecule has 0 heterocycles. The molecule has 152 valence electrons. The van der Waals surface area contributed by atoms with Crippen LogP contribution in [-0.4, -0.2) is 29.4 Å². The van der Waals surface area contributed by atoms with E-state index in [-0.39, 0.29) is 0 Å². The van der Waals surface area contributed by atoms with Gasteiger partial charge in [-0.15, -0.1) is 0 Å². The van der Waals surface area contributed by atoms with Crippen LogP contribution in [0.3, 0.4) is 0 Å². The molecule has 5 nitrogen and oxygen atoms in total. The van der Waals surface area contributed by atoms with Gasteiger partial charge in [-0.1, -0.05) is 0 Å². The van der Waals surface area contributed by atoms with Crippen molar-refractivity contribution in [3.8, 4) is 11.5 Å². The normalized spacial score (nSPS) is 13.3.